The Bertz CT molecular complexity index is 460. The fourth-order valence-electron chi connectivity index (χ4n) is 0.940. The Kier molecular flexibility index (Phi) is 5.00. The molecule has 1 rings (SSSR count). The molecule has 0 aliphatic heterocycles. The van der Waals surface area contributed by atoms with E-state index in [9.17, 15) is 9.59 Å². The zero-order valence-electron chi connectivity index (χ0n) is 8.70. The van der Waals surface area contributed by atoms with Crippen molar-refractivity contribution >= 4 is 35.0 Å². The van der Waals surface area contributed by atoms with Crippen LogP contribution in [0.4, 0.5) is 0 Å². The second kappa shape index (κ2) is 6.27. The predicted octanol–water partition coefficient (Wildman–Crippen LogP) is 2.20. The molecule has 0 heterocycles. The van der Waals surface area contributed by atoms with Gasteiger partial charge in [0.05, 0.1) is 10.0 Å². The minimum absolute atomic E-state index is 0.294. The standard InChI is InChI=1S/C11H9Cl2NO3/c1-2-10(15)14-11(16)6-17-7-3-4-8(12)9(13)5-7/h2-5H,1,6H2,(H,14,15,16). The van der Waals surface area contributed by atoms with E-state index in [1.54, 1.807) is 12.1 Å². The Labute approximate surface area is 108 Å². The highest BCUT2D eigenvalue weighted by molar-refractivity contribution is 6.42. The molecule has 0 bridgehead atoms. The number of ether oxygens (including phenoxy) is 1. The summed E-state index contributed by atoms with van der Waals surface area (Å²) < 4.78 is 5.11. The van der Waals surface area contributed by atoms with Gasteiger partial charge in [-0.15, -0.1) is 0 Å². The molecule has 1 N–H and O–H groups in total. The third kappa shape index (κ3) is 4.46. The Balaban J connectivity index is 2.50. The van der Waals surface area contributed by atoms with Crippen molar-refractivity contribution in [1.82, 2.24) is 5.32 Å². The SMILES string of the molecule is C=CC(=O)NC(=O)COc1ccc(Cl)c(Cl)c1. The van der Waals surface area contributed by atoms with Gasteiger partial charge in [-0.3, -0.25) is 14.9 Å². The fourth-order valence-corrected chi connectivity index (χ4v) is 1.23. The maximum absolute atomic E-state index is 11.2. The van der Waals surface area contributed by atoms with E-state index in [1.807, 2.05) is 5.32 Å². The van der Waals surface area contributed by atoms with Crippen LogP contribution >= 0.6 is 23.2 Å². The van der Waals surface area contributed by atoms with Gasteiger partial charge in [-0.05, 0) is 18.2 Å². The van der Waals surface area contributed by atoms with E-state index in [2.05, 4.69) is 6.58 Å². The van der Waals surface area contributed by atoms with Gasteiger partial charge < -0.3 is 4.74 Å². The zero-order valence-corrected chi connectivity index (χ0v) is 10.2. The number of rotatable bonds is 4. The average Bonchev–Trinajstić information content (AvgIpc) is 2.30. The summed E-state index contributed by atoms with van der Waals surface area (Å²) in [5, 5.41) is 2.77. The minimum Gasteiger partial charge on any atom is -0.484 e. The lowest BCUT2D eigenvalue weighted by Crippen LogP contribution is -2.32. The van der Waals surface area contributed by atoms with Crippen LogP contribution in [0.2, 0.25) is 10.0 Å². The second-order valence-corrected chi connectivity index (χ2v) is 3.80. The highest BCUT2D eigenvalue weighted by Crippen LogP contribution is 2.26. The fraction of sp³-hybridized carbons (Fsp3) is 0.0909. The molecule has 90 valence electrons. The van der Waals surface area contributed by atoms with Gasteiger partial charge in [-0.25, -0.2) is 0 Å². The molecule has 0 atom stereocenters. The zero-order chi connectivity index (χ0) is 12.8. The molecule has 0 radical (unpaired) electrons. The maximum atomic E-state index is 11.2. The first-order valence-electron chi connectivity index (χ1n) is 4.57. The number of hydrogen-bond acceptors (Lipinski definition) is 3. The Hall–Kier alpha value is -1.52. The summed E-state index contributed by atoms with van der Waals surface area (Å²) in [4.78, 5) is 22.0. The number of carbonyl (C=O) groups excluding carboxylic acids is 2. The van der Waals surface area contributed by atoms with E-state index in [0.29, 0.717) is 15.8 Å². The van der Waals surface area contributed by atoms with Gasteiger partial charge in [0.1, 0.15) is 5.75 Å². The molecule has 0 aliphatic carbocycles. The number of hydrogen-bond donors (Lipinski definition) is 1. The van der Waals surface area contributed by atoms with E-state index in [0.717, 1.165) is 6.08 Å². The van der Waals surface area contributed by atoms with Gasteiger partial charge in [-0.1, -0.05) is 29.8 Å². The van der Waals surface area contributed by atoms with Gasteiger partial charge in [0.25, 0.3) is 5.91 Å². The topological polar surface area (TPSA) is 55.4 Å². The molecule has 4 nitrogen and oxygen atoms in total. The highest BCUT2D eigenvalue weighted by atomic mass is 35.5. The van der Waals surface area contributed by atoms with Crippen LogP contribution in [0.5, 0.6) is 5.75 Å². The number of carbonyl (C=O) groups is 2. The van der Waals surface area contributed by atoms with E-state index in [1.165, 1.54) is 6.07 Å². The lowest BCUT2D eigenvalue weighted by molar-refractivity contribution is -0.129. The Morgan fingerprint density at radius 2 is 2.06 bits per heavy atom. The van der Waals surface area contributed by atoms with Crippen molar-refractivity contribution in [3.63, 3.8) is 0 Å². The van der Waals surface area contributed by atoms with Crippen LogP contribution in [0.3, 0.4) is 0 Å². The summed E-state index contributed by atoms with van der Waals surface area (Å²) in [7, 11) is 0. The van der Waals surface area contributed by atoms with Crippen molar-refractivity contribution in [3.05, 3.63) is 40.9 Å². The molecule has 0 saturated heterocycles. The highest BCUT2D eigenvalue weighted by Gasteiger charge is 2.06. The quantitative estimate of drug-likeness (QED) is 0.856. The molecule has 0 aromatic heterocycles. The molecule has 2 amide bonds. The number of imide groups is 1. The molecule has 0 unspecified atom stereocenters. The molecule has 6 heteroatoms. The Morgan fingerprint density at radius 1 is 1.35 bits per heavy atom. The minimum atomic E-state index is -0.576. The first-order chi connectivity index (χ1) is 8.02. The van der Waals surface area contributed by atoms with Crippen molar-refractivity contribution in [2.75, 3.05) is 6.61 Å². The van der Waals surface area contributed by atoms with Crippen LogP contribution in [0.15, 0.2) is 30.9 Å². The van der Waals surface area contributed by atoms with E-state index in [4.69, 9.17) is 27.9 Å². The summed E-state index contributed by atoms with van der Waals surface area (Å²) in [6.45, 7) is 2.92. The van der Waals surface area contributed by atoms with Gasteiger partial charge in [0, 0.05) is 6.07 Å². The molecule has 1 aromatic rings. The third-order valence-corrected chi connectivity index (χ3v) is 2.45. The van der Waals surface area contributed by atoms with Crippen molar-refractivity contribution < 1.29 is 14.3 Å². The molecular formula is C11H9Cl2NO3. The van der Waals surface area contributed by atoms with Gasteiger partial charge in [0.15, 0.2) is 6.61 Å². The number of benzene rings is 1. The van der Waals surface area contributed by atoms with Crippen LogP contribution in [-0.2, 0) is 9.59 Å². The largest absolute Gasteiger partial charge is 0.484 e. The number of halogens is 2. The second-order valence-electron chi connectivity index (χ2n) is 2.98. The summed E-state index contributed by atoms with van der Waals surface area (Å²) >= 11 is 11.5. The summed E-state index contributed by atoms with van der Waals surface area (Å²) in [6.07, 6.45) is 0.997. The molecule has 0 fully saturated rings. The molecule has 0 saturated carbocycles. The van der Waals surface area contributed by atoms with Crippen molar-refractivity contribution in [2.24, 2.45) is 0 Å². The molecule has 0 aliphatic rings. The van der Waals surface area contributed by atoms with Crippen LogP contribution in [0.1, 0.15) is 0 Å². The monoisotopic (exact) mass is 273 g/mol. The number of amides is 2. The lowest BCUT2D eigenvalue weighted by Gasteiger charge is -2.06. The van der Waals surface area contributed by atoms with Crippen LogP contribution in [0.25, 0.3) is 0 Å². The molecule has 0 spiro atoms. The first-order valence-corrected chi connectivity index (χ1v) is 5.32. The lowest BCUT2D eigenvalue weighted by atomic mass is 10.3. The third-order valence-electron chi connectivity index (χ3n) is 1.71. The van der Waals surface area contributed by atoms with Gasteiger partial charge in [0.2, 0.25) is 5.91 Å². The van der Waals surface area contributed by atoms with Gasteiger partial charge in [-0.2, -0.15) is 0 Å². The van der Waals surface area contributed by atoms with Crippen molar-refractivity contribution in [1.29, 1.82) is 0 Å². The molecule has 1 aromatic carbocycles. The van der Waals surface area contributed by atoms with E-state index >= 15 is 0 Å². The Morgan fingerprint density at radius 3 is 2.65 bits per heavy atom. The van der Waals surface area contributed by atoms with Crippen LogP contribution in [-0.4, -0.2) is 18.4 Å². The van der Waals surface area contributed by atoms with E-state index < -0.39 is 11.8 Å². The van der Waals surface area contributed by atoms with Gasteiger partial charge >= 0.3 is 0 Å². The summed E-state index contributed by atoms with van der Waals surface area (Å²) in [5.41, 5.74) is 0. The van der Waals surface area contributed by atoms with Crippen LogP contribution in [0, 0.1) is 0 Å². The van der Waals surface area contributed by atoms with Crippen LogP contribution < -0.4 is 10.1 Å². The summed E-state index contributed by atoms with van der Waals surface area (Å²) in [6, 6.07) is 4.59. The predicted molar refractivity (Wildman–Crippen MR) is 65.3 cm³/mol. The normalized spacial score (nSPS) is 9.53. The molecular weight excluding hydrogens is 265 g/mol. The average molecular weight is 274 g/mol. The maximum Gasteiger partial charge on any atom is 0.264 e. The molecule has 17 heavy (non-hydrogen) atoms. The van der Waals surface area contributed by atoms with E-state index in [-0.39, 0.29) is 6.61 Å². The van der Waals surface area contributed by atoms with Crippen molar-refractivity contribution in [3.8, 4) is 5.75 Å². The summed E-state index contributed by atoms with van der Waals surface area (Å²) in [5.74, 6) is -0.755. The van der Waals surface area contributed by atoms with Crippen molar-refractivity contribution in [2.45, 2.75) is 0 Å². The first kappa shape index (κ1) is 13.5. The smallest absolute Gasteiger partial charge is 0.264 e. The number of nitrogens with one attached hydrogen (secondary N) is 1.